The molecule has 8 heteroatoms. The number of carbonyl (C=O) groups is 4. The standard InChI is InChI=1S/C20H18N2O5S/c1-3-8-22-18(24)15-7-6-13(10-16(15)19(22)25)20(26)27-12-17(23)21(2)11-14-5-4-9-28-14/h3-7,9-10H,1,8,11-12H2,2H3. The highest BCUT2D eigenvalue weighted by molar-refractivity contribution is 7.09. The van der Waals surface area contributed by atoms with Crippen molar-refractivity contribution in [2.24, 2.45) is 0 Å². The first-order valence-corrected chi connectivity index (χ1v) is 9.35. The van der Waals surface area contributed by atoms with Gasteiger partial charge in [0.15, 0.2) is 6.61 Å². The Morgan fingerprint density at radius 1 is 1.21 bits per heavy atom. The fourth-order valence-electron chi connectivity index (χ4n) is 2.76. The quantitative estimate of drug-likeness (QED) is 0.406. The molecule has 2 aromatic rings. The van der Waals surface area contributed by atoms with Crippen molar-refractivity contribution in [1.29, 1.82) is 0 Å². The summed E-state index contributed by atoms with van der Waals surface area (Å²) in [6, 6.07) is 7.96. The van der Waals surface area contributed by atoms with Crippen molar-refractivity contribution in [3.8, 4) is 0 Å². The van der Waals surface area contributed by atoms with Gasteiger partial charge in [-0.25, -0.2) is 4.79 Å². The van der Waals surface area contributed by atoms with Crippen molar-refractivity contribution in [3.63, 3.8) is 0 Å². The number of thiophene rings is 1. The number of likely N-dealkylation sites (N-methyl/N-ethyl adjacent to an activating group) is 1. The van der Waals surface area contributed by atoms with Gasteiger partial charge in [0.25, 0.3) is 17.7 Å². The summed E-state index contributed by atoms with van der Waals surface area (Å²) in [5, 5.41) is 1.92. The maximum atomic E-state index is 12.3. The van der Waals surface area contributed by atoms with Gasteiger partial charge in [0.1, 0.15) is 0 Å². The van der Waals surface area contributed by atoms with Crippen LogP contribution in [0.3, 0.4) is 0 Å². The van der Waals surface area contributed by atoms with E-state index in [-0.39, 0.29) is 29.1 Å². The Morgan fingerprint density at radius 2 is 1.96 bits per heavy atom. The molecule has 0 aliphatic carbocycles. The lowest BCUT2D eigenvalue weighted by Gasteiger charge is -2.16. The Morgan fingerprint density at radius 3 is 2.64 bits per heavy atom. The number of ether oxygens (including phenoxy) is 1. The van der Waals surface area contributed by atoms with Crippen LogP contribution in [-0.2, 0) is 16.1 Å². The highest BCUT2D eigenvalue weighted by Gasteiger charge is 2.35. The van der Waals surface area contributed by atoms with Crippen molar-refractivity contribution in [3.05, 3.63) is 69.9 Å². The van der Waals surface area contributed by atoms with E-state index in [9.17, 15) is 19.2 Å². The number of fused-ring (bicyclic) bond motifs is 1. The third-order valence-electron chi connectivity index (χ3n) is 4.24. The first kappa shape index (κ1) is 19.5. The van der Waals surface area contributed by atoms with Gasteiger partial charge in [0, 0.05) is 18.5 Å². The Labute approximate surface area is 165 Å². The summed E-state index contributed by atoms with van der Waals surface area (Å²) in [4.78, 5) is 52.5. The second-order valence-electron chi connectivity index (χ2n) is 6.18. The van der Waals surface area contributed by atoms with Crippen LogP contribution < -0.4 is 0 Å². The number of amides is 3. The zero-order valence-electron chi connectivity index (χ0n) is 15.2. The van der Waals surface area contributed by atoms with E-state index < -0.39 is 24.4 Å². The molecule has 3 rings (SSSR count). The van der Waals surface area contributed by atoms with Gasteiger partial charge in [0.2, 0.25) is 0 Å². The topological polar surface area (TPSA) is 84.0 Å². The molecule has 0 N–H and O–H groups in total. The van der Waals surface area contributed by atoms with E-state index in [0.717, 1.165) is 9.78 Å². The molecule has 0 saturated heterocycles. The molecule has 1 aliphatic heterocycles. The minimum absolute atomic E-state index is 0.0944. The summed E-state index contributed by atoms with van der Waals surface area (Å²) >= 11 is 1.53. The average Bonchev–Trinajstić information content (AvgIpc) is 3.28. The molecule has 3 amide bonds. The van der Waals surface area contributed by atoms with E-state index >= 15 is 0 Å². The summed E-state index contributed by atoms with van der Waals surface area (Å²) in [6.07, 6.45) is 1.45. The zero-order chi connectivity index (χ0) is 20.3. The van der Waals surface area contributed by atoms with Crippen LogP contribution in [0.5, 0.6) is 0 Å². The van der Waals surface area contributed by atoms with Crippen LogP contribution in [0, 0.1) is 0 Å². The third-order valence-corrected chi connectivity index (χ3v) is 5.10. The number of hydrogen-bond acceptors (Lipinski definition) is 6. The molecule has 0 saturated carbocycles. The molecule has 144 valence electrons. The maximum Gasteiger partial charge on any atom is 0.338 e. The fraction of sp³-hybridized carbons (Fsp3) is 0.200. The minimum Gasteiger partial charge on any atom is -0.452 e. The van der Waals surface area contributed by atoms with E-state index in [4.69, 9.17) is 4.74 Å². The highest BCUT2D eigenvalue weighted by atomic mass is 32.1. The average molecular weight is 398 g/mol. The number of rotatable bonds is 7. The molecule has 28 heavy (non-hydrogen) atoms. The maximum absolute atomic E-state index is 12.3. The predicted molar refractivity (Wildman–Crippen MR) is 103 cm³/mol. The molecule has 0 fully saturated rings. The molecule has 0 spiro atoms. The van der Waals surface area contributed by atoms with Gasteiger partial charge in [-0.05, 0) is 29.6 Å². The molecule has 7 nitrogen and oxygen atoms in total. The molecule has 1 aromatic heterocycles. The largest absolute Gasteiger partial charge is 0.452 e. The molecule has 1 aromatic carbocycles. The van der Waals surface area contributed by atoms with Gasteiger partial charge < -0.3 is 9.64 Å². The molecule has 0 unspecified atom stereocenters. The molecule has 0 radical (unpaired) electrons. The van der Waals surface area contributed by atoms with Crippen LogP contribution in [0.2, 0.25) is 0 Å². The van der Waals surface area contributed by atoms with Gasteiger partial charge in [-0.15, -0.1) is 17.9 Å². The fourth-order valence-corrected chi connectivity index (χ4v) is 3.52. The second kappa shape index (κ2) is 8.18. The minimum atomic E-state index is -0.733. The smallest absolute Gasteiger partial charge is 0.338 e. The first-order chi connectivity index (χ1) is 13.4. The van der Waals surface area contributed by atoms with Crippen molar-refractivity contribution in [2.45, 2.75) is 6.54 Å². The Balaban J connectivity index is 1.63. The Hall–Kier alpha value is -3.26. The molecule has 0 atom stereocenters. The van der Waals surface area contributed by atoms with Gasteiger partial charge in [0.05, 0.1) is 23.2 Å². The third kappa shape index (κ3) is 3.86. The zero-order valence-corrected chi connectivity index (χ0v) is 16.0. The number of imide groups is 1. The van der Waals surface area contributed by atoms with Crippen molar-refractivity contribution >= 4 is 35.0 Å². The lowest BCUT2D eigenvalue weighted by molar-refractivity contribution is -0.133. The summed E-state index contributed by atoms with van der Waals surface area (Å²) in [5.74, 6) is -1.99. The van der Waals surface area contributed by atoms with E-state index in [1.807, 2.05) is 17.5 Å². The van der Waals surface area contributed by atoms with Crippen LogP contribution in [0.4, 0.5) is 0 Å². The highest BCUT2D eigenvalue weighted by Crippen LogP contribution is 2.24. The molecular formula is C20H18N2O5S. The summed E-state index contributed by atoms with van der Waals surface area (Å²) < 4.78 is 5.07. The van der Waals surface area contributed by atoms with Crippen LogP contribution >= 0.6 is 11.3 Å². The van der Waals surface area contributed by atoms with E-state index in [1.54, 1.807) is 7.05 Å². The number of esters is 1. The van der Waals surface area contributed by atoms with Gasteiger partial charge in [-0.2, -0.15) is 0 Å². The van der Waals surface area contributed by atoms with Crippen LogP contribution in [0.25, 0.3) is 0 Å². The van der Waals surface area contributed by atoms with Crippen molar-refractivity contribution in [1.82, 2.24) is 9.80 Å². The number of hydrogen-bond donors (Lipinski definition) is 0. The SMILES string of the molecule is C=CCN1C(=O)c2ccc(C(=O)OCC(=O)N(C)Cc3cccs3)cc2C1=O. The van der Waals surface area contributed by atoms with E-state index in [1.165, 1.54) is 40.5 Å². The van der Waals surface area contributed by atoms with E-state index in [0.29, 0.717) is 6.54 Å². The lowest BCUT2D eigenvalue weighted by atomic mass is 10.1. The number of carbonyl (C=O) groups excluding carboxylic acids is 4. The van der Waals surface area contributed by atoms with Crippen molar-refractivity contribution < 1.29 is 23.9 Å². The van der Waals surface area contributed by atoms with Gasteiger partial charge in [-0.3, -0.25) is 19.3 Å². The number of benzene rings is 1. The monoisotopic (exact) mass is 398 g/mol. The van der Waals surface area contributed by atoms with Gasteiger partial charge >= 0.3 is 5.97 Å². The summed E-state index contributed by atoms with van der Waals surface area (Å²) in [7, 11) is 1.63. The summed E-state index contributed by atoms with van der Waals surface area (Å²) in [6.45, 7) is 3.64. The molecule has 1 aliphatic rings. The van der Waals surface area contributed by atoms with Gasteiger partial charge in [-0.1, -0.05) is 12.1 Å². The first-order valence-electron chi connectivity index (χ1n) is 8.47. The molecule has 0 bridgehead atoms. The lowest BCUT2D eigenvalue weighted by Crippen LogP contribution is -2.30. The molecular weight excluding hydrogens is 380 g/mol. The van der Waals surface area contributed by atoms with Crippen LogP contribution in [-0.4, -0.2) is 53.7 Å². The number of nitrogens with zero attached hydrogens (tertiary/aromatic N) is 2. The Bertz CT molecular complexity index is 952. The molecule has 2 heterocycles. The van der Waals surface area contributed by atoms with E-state index in [2.05, 4.69) is 6.58 Å². The predicted octanol–water partition coefficient (Wildman–Crippen LogP) is 2.35. The second-order valence-corrected chi connectivity index (χ2v) is 7.21. The van der Waals surface area contributed by atoms with Crippen LogP contribution in [0.15, 0.2) is 48.4 Å². The Kier molecular flexibility index (Phi) is 5.70. The normalized spacial score (nSPS) is 12.7. The van der Waals surface area contributed by atoms with Crippen LogP contribution in [0.1, 0.15) is 36.0 Å². The van der Waals surface area contributed by atoms with Crippen molar-refractivity contribution in [2.75, 3.05) is 20.2 Å². The summed E-state index contributed by atoms with van der Waals surface area (Å²) in [5.41, 5.74) is 0.478.